The quantitative estimate of drug-likeness (QED) is 0.881. The van der Waals surface area contributed by atoms with Crippen LogP contribution in [0.2, 0.25) is 5.02 Å². The Kier molecular flexibility index (Phi) is 3.79. The van der Waals surface area contributed by atoms with Gasteiger partial charge in [-0.05, 0) is 42.0 Å². The van der Waals surface area contributed by atoms with E-state index in [1.165, 1.54) is 32.1 Å². The highest BCUT2D eigenvalue weighted by molar-refractivity contribution is 7.89. The van der Waals surface area contributed by atoms with Gasteiger partial charge >= 0.3 is 0 Å². The number of fused-ring (bicyclic) bond motifs is 1. The first-order chi connectivity index (χ1) is 9.47. The third kappa shape index (κ3) is 2.60. The zero-order valence-corrected chi connectivity index (χ0v) is 12.8. The maximum absolute atomic E-state index is 11.6. The lowest BCUT2D eigenvalue weighted by Crippen LogP contribution is -2.24. The molecule has 1 saturated carbocycles. The molecule has 1 aliphatic heterocycles. The van der Waals surface area contributed by atoms with Crippen molar-refractivity contribution in [2.45, 2.75) is 49.6 Å². The number of sulfonamides is 1. The molecule has 0 radical (unpaired) electrons. The zero-order valence-electron chi connectivity index (χ0n) is 11.2. The number of halogens is 1. The van der Waals surface area contributed by atoms with E-state index in [2.05, 4.69) is 5.32 Å². The van der Waals surface area contributed by atoms with Crippen molar-refractivity contribution in [3.05, 3.63) is 28.3 Å². The third-order valence-corrected chi connectivity index (χ3v) is 5.84. The van der Waals surface area contributed by atoms with Gasteiger partial charge in [0.15, 0.2) is 0 Å². The van der Waals surface area contributed by atoms with E-state index in [0.29, 0.717) is 5.92 Å². The van der Waals surface area contributed by atoms with E-state index in [4.69, 9.17) is 16.7 Å². The molecule has 1 fully saturated rings. The van der Waals surface area contributed by atoms with Gasteiger partial charge in [0, 0.05) is 12.6 Å². The van der Waals surface area contributed by atoms with Gasteiger partial charge in [0.25, 0.3) is 0 Å². The molecule has 20 heavy (non-hydrogen) atoms. The van der Waals surface area contributed by atoms with Crippen LogP contribution in [0.25, 0.3) is 0 Å². The lowest BCUT2D eigenvalue weighted by atomic mass is 9.81. The summed E-state index contributed by atoms with van der Waals surface area (Å²) in [6.45, 7) is 0.751. The Morgan fingerprint density at radius 2 is 1.90 bits per heavy atom. The SMILES string of the molecule is NS(=O)(=O)c1cc2c(cc1Cl)CNC2C1CCCCC1. The van der Waals surface area contributed by atoms with Crippen molar-refractivity contribution in [1.29, 1.82) is 0 Å². The lowest BCUT2D eigenvalue weighted by molar-refractivity contribution is 0.282. The van der Waals surface area contributed by atoms with Gasteiger partial charge in [-0.25, -0.2) is 13.6 Å². The van der Waals surface area contributed by atoms with Crippen LogP contribution in [0.15, 0.2) is 17.0 Å². The molecule has 1 aromatic carbocycles. The number of benzene rings is 1. The summed E-state index contributed by atoms with van der Waals surface area (Å²) in [6.07, 6.45) is 6.22. The maximum Gasteiger partial charge on any atom is 0.239 e. The summed E-state index contributed by atoms with van der Waals surface area (Å²) in [5.74, 6) is 0.583. The predicted molar refractivity (Wildman–Crippen MR) is 79.0 cm³/mol. The molecule has 0 spiro atoms. The van der Waals surface area contributed by atoms with Crippen LogP contribution in [0.3, 0.4) is 0 Å². The first kappa shape index (κ1) is 14.3. The lowest BCUT2D eigenvalue weighted by Gasteiger charge is -2.28. The smallest absolute Gasteiger partial charge is 0.239 e. The summed E-state index contributed by atoms with van der Waals surface area (Å²) >= 11 is 6.04. The van der Waals surface area contributed by atoms with E-state index in [1.807, 2.05) is 0 Å². The molecule has 2 aliphatic rings. The van der Waals surface area contributed by atoms with Crippen LogP contribution in [0.5, 0.6) is 0 Å². The molecule has 1 aliphatic carbocycles. The van der Waals surface area contributed by atoms with Crippen molar-refractivity contribution in [2.75, 3.05) is 0 Å². The van der Waals surface area contributed by atoms with Crippen LogP contribution in [0.4, 0.5) is 0 Å². The second-order valence-corrected chi connectivity index (χ2v) is 7.72. The number of nitrogens with two attached hydrogens (primary N) is 1. The summed E-state index contributed by atoms with van der Waals surface area (Å²) in [4.78, 5) is 0.0439. The molecule has 0 amide bonds. The summed E-state index contributed by atoms with van der Waals surface area (Å²) in [5, 5.41) is 8.97. The average Bonchev–Trinajstić information content (AvgIpc) is 2.80. The van der Waals surface area contributed by atoms with Crippen molar-refractivity contribution >= 4 is 21.6 Å². The van der Waals surface area contributed by atoms with Crippen molar-refractivity contribution in [3.8, 4) is 0 Å². The van der Waals surface area contributed by atoms with Gasteiger partial charge in [-0.15, -0.1) is 0 Å². The minimum Gasteiger partial charge on any atom is -0.306 e. The Balaban J connectivity index is 1.99. The Morgan fingerprint density at radius 1 is 1.20 bits per heavy atom. The molecule has 0 aromatic heterocycles. The standard InChI is InChI=1S/C14H19ClN2O2S/c15-12-6-10-8-17-14(9-4-2-1-3-5-9)11(10)7-13(12)20(16,18)19/h6-7,9,14,17H,1-5,8H2,(H2,16,18,19). The van der Waals surface area contributed by atoms with Crippen LogP contribution in [0, 0.1) is 5.92 Å². The van der Waals surface area contributed by atoms with Gasteiger partial charge in [-0.2, -0.15) is 0 Å². The maximum atomic E-state index is 11.6. The van der Waals surface area contributed by atoms with Crippen molar-refractivity contribution in [1.82, 2.24) is 5.32 Å². The molecular formula is C14H19ClN2O2S. The normalized spacial score (nSPS) is 23.8. The van der Waals surface area contributed by atoms with Crippen LogP contribution in [-0.2, 0) is 16.6 Å². The predicted octanol–water partition coefficient (Wildman–Crippen LogP) is 2.71. The number of nitrogens with one attached hydrogen (secondary N) is 1. The number of hydrogen-bond acceptors (Lipinski definition) is 3. The van der Waals surface area contributed by atoms with E-state index >= 15 is 0 Å². The van der Waals surface area contributed by atoms with Gasteiger partial charge in [0.1, 0.15) is 4.90 Å². The summed E-state index contributed by atoms with van der Waals surface area (Å²) in [7, 11) is -3.77. The van der Waals surface area contributed by atoms with Crippen LogP contribution in [0.1, 0.15) is 49.3 Å². The van der Waals surface area contributed by atoms with E-state index in [1.54, 1.807) is 12.1 Å². The Labute approximate surface area is 124 Å². The van der Waals surface area contributed by atoms with Crippen LogP contribution in [-0.4, -0.2) is 8.42 Å². The van der Waals surface area contributed by atoms with Gasteiger partial charge in [-0.3, -0.25) is 0 Å². The molecule has 0 saturated heterocycles. The first-order valence-corrected chi connectivity index (χ1v) is 8.98. The Morgan fingerprint density at radius 3 is 2.55 bits per heavy atom. The molecule has 3 N–H and O–H groups in total. The Hall–Kier alpha value is -0.620. The fourth-order valence-corrected chi connectivity index (χ4v) is 4.62. The number of hydrogen-bond donors (Lipinski definition) is 2. The second-order valence-electron chi connectivity index (χ2n) is 5.78. The minimum atomic E-state index is -3.77. The molecule has 1 aromatic rings. The van der Waals surface area contributed by atoms with Crippen molar-refractivity contribution in [2.24, 2.45) is 11.1 Å². The van der Waals surface area contributed by atoms with E-state index in [0.717, 1.165) is 17.7 Å². The largest absolute Gasteiger partial charge is 0.306 e. The second kappa shape index (κ2) is 5.30. The molecule has 4 nitrogen and oxygen atoms in total. The van der Waals surface area contributed by atoms with Gasteiger partial charge in [0.2, 0.25) is 10.0 Å². The first-order valence-electron chi connectivity index (χ1n) is 7.05. The molecule has 1 heterocycles. The molecule has 3 rings (SSSR count). The van der Waals surface area contributed by atoms with E-state index < -0.39 is 10.0 Å². The molecule has 1 unspecified atom stereocenters. The highest BCUT2D eigenvalue weighted by Gasteiger charge is 2.32. The van der Waals surface area contributed by atoms with E-state index in [-0.39, 0.29) is 16.0 Å². The Bertz CT molecular complexity index is 624. The van der Waals surface area contributed by atoms with Crippen molar-refractivity contribution < 1.29 is 8.42 Å². The summed E-state index contributed by atoms with van der Waals surface area (Å²) in [6, 6.07) is 3.65. The van der Waals surface area contributed by atoms with E-state index in [9.17, 15) is 8.42 Å². The zero-order chi connectivity index (χ0) is 14.3. The number of rotatable bonds is 2. The monoisotopic (exact) mass is 314 g/mol. The highest BCUT2D eigenvalue weighted by Crippen LogP contribution is 2.40. The molecule has 0 bridgehead atoms. The topological polar surface area (TPSA) is 72.2 Å². The highest BCUT2D eigenvalue weighted by atomic mass is 35.5. The van der Waals surface area contributed by atoms with Crippen LogP contribution >= 0.6 is 11.6 Å². The fraction of sp³-hybridized carbons (Fsp3) is 0.571. The molecule has 1 atom stereocenters. The van der Waals surface area contributed by atoms with Gasteiger partial charge < -0.3 is 5.32 Å². The molecule has 110 valence electrons. The minimum absolute atomic E-state index is 0.0439. The fourth-order valence-electron chi connectivity index (χ4n) is 3.49. The summed E-state index contributed by atoms with van der Waals surface area (Å²) in [5.41, 5.74) is 2.16. The van der Waals surface area contributed by atoms with Gasteiger partial charge in [0.05, 0.1) is 5.02 Å². The third-order valence-electron chi connectivity index (χ3n) is 4.47. The van der Waals surface area contributed by atoms with Crippen LogP contribution < -0.4 is 10.5 Å². The van der Waals surface area contributed by atoms with Crippen molar-refractivity contribution in [3.63, 3.8) is 0 Å². The molecule has 6 heteroatoms. The average molecular weight is 315 g/mol. The summed E-state index contributed by atoms with van der Waals surface area (Å²) < 4.78 is 23.2. The number of primary sulfonamides is 1. The van der Waals surface area contributed by atoms with Gasteiger partial charge in [-0.1, -0.05) is 30.9 Å². The molecular weight excluding hydrogens is 296 g/mol.